The van der Waals surface area contributed by atoms with Crippen LogP contribution in [0.4, 0.5) is 18.9 Å². The zero-order chi connectivity index (χ0) is 21.7. The summed E-state index contributed by atoms with van der Waals surface area (Å²) >= 11 is 3.35. The van der Waals surface area contributed by atoms with Gasteiger partial charge in [-0.3, -0.25) is 4.79 Å². The molecule has 0 radical (unpaired) electrons. The second-order valence-corrected chi connectivity index (χ2v) is 7.65. The molecule has 1 aliphatic heterocycles. The van der Waals surface area contributed by atoms with Crippen molar-refractivity contribution >= 4 is 27.5 Å². The molecular formula is C21H19BrF3N3O2. The van der Waals surface area contributed by atoms with Crippen LogP contribution in [0.25, 0.3) is 0 Å². The van der Waals surface area contributed by atoms with E-state index in [4.69, 9.17) is 4.74 Å². The van der Waals surface area contributed by atoms with Gasteiger partial charge in [-0.05, 0) is 30.3 Å². The van der Waals surface area contributed by atoms with Crippen LogP contribution in [-0.4, -0.2) is 43.6 Å². The van der Waals surface area contributed by atoms with Crippen LogP contribution in [0, 0.1) is 11.3 Å². The van der Waals surface area contributed by atoms with Gasteiger partial charge in [0.15, 0.2) is 0 Å². The number of nitrogens with zero attached hydrogens (tertiary/aromatic N) is 3. The van der Waals surface area contributed by atoms with E-state index < -0.39 is 11.7 Å². The highest BCUT2D eigenvalue weighted by Crippen LogP contribution is 2.36. The average molecular weight is 482 g/mol. The van der Waals surface area contributed by atoms with Crippen LogP contribution in [0.5, 0.6) is 5.75 Å². The van der Waals surface area contributed by atoms with Gasteiger partial charge in [-0.25, -0.2) is 0 Å². The Balaban J connectivity index is 1.56. The van der Waals surface area contributed by atoms with Crippen LogP contribution in [0.2, 0.25) is 0 Å². The van der Waals surface area contributed by atoms with Gasteiger partial charge in [-0.15, -0.1) is 0 Å². The number of amides is 1. The number of rotatable bonds is 5. The average Bonchev–Trinajstić information content (AvgIpc) is 2.72. The van der Waals surface area contributed by atoms with Crippen molar-refractivity contribution in [1.29, 1.82) is 5.26 Å². The molecule has 0 aromatic heterocycles. The number of alkyl halides is 3. The van der Waals surface area contributed by atoms with Crippen LogP contribution in [-0.2, 0) is 11.0 Å². The summed E-state index contributed by atoms with van der Waals surface area (Å²) in [4.78, 5) is 15.8. The summed E-state index contributed by atoms with van der Waals surface area (Å²) < 4.78 is 46.0. The number of hydrogen-bond donors (Lipinski definition) is 0. The number of carbonyl (C=O) groups excluding carboxylic acids is 1. The van der Waals surface area contributed by atoms with E-state index in [2.05, 4.69) is 15.9 Å². The first-order valence-electron chi connectivity index (χ1n) is 9.31. The molecule has 0 saturated carbocycles. The smallest absolute Gasteiger partial charge is 0.417 e. The molecule has 3 rings (SSSR count). The SMILES string of the molecule is N#Cc1c(N2CCN(C(=O)CCOc3cccc(Br)c3)CC2)cccc1C(F)(F)F. The summed E-state index contributed by atoms with van der Waals surface area (Å²) in [7, 11) is 0. The fraction of sp³-hybridized carbons (Fsp3) is 0.333. The highest BCUT2D eigenvalue weighted by Gasteiger charge is 2.35. The van der Waals surface area contributed by atoms with Gasteiger partial charge in [0.1, 0.15) is 11.8 Å². The third kappa shape index (κ3) is 5.25. The normalized spacial score (nSPS) is 14.4. The first-order valence-corrected chi connectivity index (χ1v) is 10.1. The topological polar surface area (TPSA) is 56.6 Å². The van der Waals surface area contributed by atoms with Crippen LogP contribution in [0.1, 0.15) is 17.5 Å². The second kappa shape index (κ2) is 9.39. The number of ether oxygens (including phenoxy) is 1. The molecule has 2 aromatic rings. The van der Waals surface area contributed by atoms with Crippen molar-refractivity contribution in [2.75, 3.05) is 37.7 Å². The predicted molar refractivity (Wildman–Crippen MR) is 109 cm³/mol. The maximum Gasteiger partial charge on any atom is 0.417 e. The quantitative estimate of drug-likeness (QED) is 0.632. The number of piperazine rings is 1. The fourth-order valence-electron chi connectivity index (χ4n) is 3.33. The summed E-state index contributed by atoms with van der Waals surface area (Å²) in [5.74, 6) is 0.588. The van der Waals surface area contributed by atoms with Crippen molar-refractivity contribution in [2.24, 2.45) is 0 Å². The van der Waals surface area contributed by atoms with Crippen molar-refractivity contribution in [3.8, 4) is 11.8 Å². The maximum absolute atomic E-state index is 13.2. The molecular weight excluding hydrogens is 463 g/mol. The Morgan fingerprint density at radius 2 is 1.83 bits per heavy atom. The van der Waals surface area contributed by atoms with E-state index in [1.807, 2.05) is 18.2 Å². The lowest BCUT2D eigenvalue weighted by Gasteiger charge is -2.36. The van der Waals surface area contributed by atoms with Crippen LogP contribution < -0.4 is 9.64 Å². The first-order chi connectivity index (χ1) is 14.3. The van der Waals surface area contributed by atoms with Crippen molar-refractivity contribution in [3.05, 3.63) is 58.1 Å². The van der Waals surface area contributed by atoms with Gasteiger partial charge in [-0.2, -0.15) is 18.4 Å². The van der Waals surface area contributed by atoms with E-state index in [1.165, 1.54) is 12.1 Å². The summed E-state index contributed by atoms with van der Waals surface area (Å²) in [6.07, 6.45) is -4.38. The number of anilines is 1. The van der Waals surface area contributed by atoms with E-state index in [-0.39, 0.29) is 30.2 Å². The second-order valence-electron chi connectivity index (χ2n) is 6.73. The van der Waals surface area contributed by atoms with Gasteiger partial charge in [-0.1, -0.05) is 28.1 Å². The lowest BCUT2D eigenvalue weighted by molar-refractivity contribution is -0.137. The molecule has 0 spiro atoms. The van der Waals surface area contributed by atoms with Gasteiger partial charge in [0, 0.05) is 30.7 Å². The maximum atomic E-state index is 13.2. The molecule has 2 aromatic carbocycles. The van der Waals surface area contributed by atoms with Gasteiger partial charge in [0.05, 0.1) is 29.8 Å². The number of nitriles is 1. The van der Waals surface area contributed by atoms with Crippen molar-refractivity contribution < 1.29 is 22.7 Å². The number of halogens is 4. The Hall–Kier alpha value is -2.73. The van der Waals surface area contributed by atoms with E-state index >= 15 is 0 Å². The number of carbonyl (C=O) groups is 1. The largest absolute Gasteiger partial charge is 0.493 e. The third-order valence-electron chi connectivity index (χ3n) is 4.81. The molecule has 0 N–H and O–H groups in total. The molecule has 0 bridgehead atoms. The van der Waals surface area contributed by atoms with Gasteiger partial charge < -0.3 is 14.5 Å². The van der Waals surface area contributed by atoms with Crippen LogP contribution in [0.3, 0.4) is 0 Å². The zero-order valence-corrected chi connectivity index (χ0v) is 17.5. The molecule has 1 fully saturated rings. The van der Waals surface area contributed by atoms with Crippen LogP contribution in [0.15, 0.2) is 46.9 Å². The van der Waals surface area contributed by atoms with Gasteiger partial charge in [0.2, 0.25) is 5.91 Å². The molecule has 0 unspecified atom stereocenters. The van der Waals surface area contributed by atoms with E-state index in [0.29, 0.717) is 31.9 Å². The molecule has 1 saturated heterocycles. The molecule has 1 amide bonds. The Morgan fingerprint density at radius 3 is 2.47 bits per heavy atom. The summed E-state index contributed by atoms with van der Waals surface area (Å²) in [5.41, 5.74) is -1.07. The molecule has 9 heteroatoms. The molecule has 158 valence electrons. The van der Waals surface area contributed by atoms with Gasteiger partial charge in [0.25, 0.3) is 0 Å². The Kier molecular flexibility index (Phi) is 6.87. The molecule has 1 heterocycles. The summed E-state index contributed by atoms with van der Waals surface area (Å²) in [5, 5.41) is 9.28. The lowest BCUT2D eigenvalue weighted by atomic mass is 10.0. The van der Waals surface area contributed by atoms with Crippen molar-refractivity contribution in [1.82, 2.24) is 4.90 Å². The minimum Gasteiger partial charge on any atom is -0.493 e. The number of hydrogen-bond acceptors (Lipinski definition) is 4. The minimum atomic E-state index is -4.59. The summed E-state index contributed by atoms with van der Waals surface area (Å²) in [6, 6.07) is 12.7. The molecule has 0 atom stereocenters. The van der Waals surface area contributed by atoms with E-state index in [0.717, 1.165) is 10.5 Å². The van der Waals surface area contributed by atoms with E-state index in [1.54, 1.807) is 21.9 Å². The Morgan fingerprint density at radius 1 is 1.13 bits per heavy atom. The first kappa shape index (κ1) is 22.0. The van der Waals surface area contributed by atoms with Gasteiger partial charge >= 0.3 is 6.18 Å². The van der Waals surface area contributed by atoms with Crippen molar-refractivity contribution in [2.45, 2.75) is 12.6 Å². The summed E-state index contributed by atoms with van der Waals surface area (Å²) in [6.45, 7) is 1.69. The van der Waals surface area contributed by atoms with Crippen molar-refractivity contribution in [3.63, 3.8) is 0 Å². The highest BCUT2D eigenvalue weighted by atomic mass is 79.9. The molecule has 5 nitrogen and oxygen atoms in total. The Labute approximate surface area is 180 Å². The fourth-order valence-corrected chi connectivity index (χ4v) is 3.70. The highest BCUT2D eigenvalue weighted by molar-refractivity contribution is 9.10. The zero-order valence-electron chi connectivity index (χ0n) is 16.0. The Bertz CT molecular complexity index is 951. The predicted octanol–water partition coefficient (Wildman–Crippen LogP) is 4.46. The van der Waals surface area contributed by atoms with E-state index in [9.17, 15) is 23.2 Å². The third-order valence-corrected chi connectivity index (χ3v) is 5.31. The monoisotopic (exact) mass is 481 g/mol. The molecule has 30 heavy (non-hydrogen) atoms. The standard InChI is InChI=1S/C21H19BrF3N3O2/c22-15-3-1-4-16(13-15)30-12-7-20(29)28-10-8-27(9-11-28)19-6-2-5-18(17(19)14-26)21(23,24)25/h1-6,13H,7-12H2. The molecule has 1 aliphatic rings. The van der Waals surface area contributed by atoms with Crippen LogP contribution >= 0.6 is 15.9 Å². The molecule has 0 aliphatic carbocycles. The lowest BCUT2D eigenvalue weighted by Crippen LogP contribution is -2.49. The minimum absolute atomic E-state index is 0.0748. The number of benzene rings is 2.